The highest BCUT2D eigenvalue weighted by molar-refractivity contribution is 7.89. The molecule has 0 spiro atoms. The number of methoxy groups -OCH3 is 1. The first-order chi connectivity index (χ1) is 14.4. The summed E-state index contributed by atoms with van der Waals surface area (Å²) in [7, 11) is -3.07. The minimum absolute atomic E-state index is 0.0279. The van der Waals surface area contributed by atoms with E-state index in [9.17, 15) is 31.2 Å². The molecule has 0 radical (unpaired) electrons. The Balaban J connectivity index is 1.74. The maximum absolute atomic E-state index is 13.0. The van der Waals surface area contributed by atoms with Gasteiger partial charge in [0.05, 0.1) is 22.6 Å². The number of alkyl halides is 3. The van der Waals surface area contributed by atoms with Gasteiger partial charge in [0.2, 0.25) is 10.0 Å². The molecule has 1 amide bonds. The fraction of sp³-hybridized carbons (Fsp3) is 0.333. The summed E-state index contributed by atoms with van der Waals surface area (Å²) in [5.41, 5.74) is -1.12. The standard InChI is InChI=1S/C18H16ClF3N2O5S2/c1-29-17(26)14-5-4-13(30-14)16(25)23-6-8-24(9-7-23)31(27,28)15-10-11(18(20,21)22)2-3-12(15)19/h2-5,10H,6-9H2,1H3. The number of nitrogens with zero attached hydrogens (tertiary/aromatic N) is 2. The molecule has 0 aliphatic carbocycles. The highest BCUT2D eigenvalue weighted by atomic mass is 35.5. The molecule has 31 heavy (non-hydrogen) atoms. The molecule has 0 bridgehead atoms. The molecule has 1 aliphatic heterocycles. The normalized spacial score (nSPS) is 15.7. The number of amides is 1. The Labute approximate surface area is 185 Å². The van der Waals surface area contributed by atoms with E-state index in [0.717, 1.165) is 21.7 Å². The van der Waals surface area contributed by atoms with Crippen LogP contribution >= 0.6 is 22.9 Å². The van der Waals surface area contributed by atoms with Crippen LogP contribution in [0.2, 0.25) is 5.02 Å². The molecule has 0 unspecified atom stereocenters. The van der Waals surface area contributed by atoms with Crippen molar-refractivity contribution in [2.24, 2.45) is 0 Å². The fourth-order valence-corrected chi connectivity index (χ4v) is 5.78. The van der Waals surface area contributed by atoms with Crippen LogP contribution in [0.4, 0.5) is 13.2 Å². The summed E-state index contributed by atoms with van der Waals surface area (Å²) in [6, 6.07) is 5.05. The summed E-state index contributed by atoms with van der Waals surface area (Å²) < 4.78 is 70.3. The number of ether oxygens (including phenoxy) is 1. The first-order valence-electron chi connectivity index (χ1n) is 8.79. The highest BCUT2D eigenvalue weighted by Crippen LogP contribution is 2.34. The van der Waals surface area contributed by atoms with E-state index in [-0.39, 0.29) is 46.9 Å². The molecule has 0 N–H and O–H groups in total. The molecular formula is C18H16ClF3N2O5S2. The van der Waals surface area contributed by atoms with Gasteiger partial charge in [-0.15, -0.1) is 11.3 Å². The van der Waals surface area contributed by atoms with E-state index in [2.05, 4.69) is 4.74 Å². The number of carbonyl (C=O) groups is 2. The average molecular weight is 497 g/mol. The van der Waals surface area contributed by atoms with Crippen molar-refractivity contribution in [3.63, 3.8) is 0 Å². The van der Waals surface area contributed by atoms with Crippen LogP contribution in [0.15, 0.2) is 35.2 Å². The van der Waals surface area contributed by atoms with Crippen molar-refractivity contribution < 1.29 is 35.9 Å². The first-order valence-corrected chi connectivity index (χ1v) is 11.4. The number of hydrogen-bond donors (Lipinski definition) is 0. The van der Waals surface area contributed by atoms with Crippen molar-refractivity contribution in [1.29, 1.82) is 0 Å². The van der Waals surface area contributed by atoms with Crippen LogP contribution in [0.25, 0.3) is 0 Å². The largest absolute Gasteiger partial charge is 0.465 e. The van der Waals surface area contributed by atoms with E-state index in [4.69, 9.17) is 11.6 Å². The molecule has 2 aromatic rings. The quantitative estimate of drug-likeness (QED) is 0.606. The molecule has 1 aromatic carbocycles. The number of thiophene rings is 1. The van der Waals surface area contributed by atoms with Gasteiger partial charge in [0, 0.05) is 26.2 Å². The number of rotatable bonds is 4. The number of carbonyl (C=O) groups excluding carboxylic acids is 2. The number of halogens is 4. The lowest BCUT2D eigenvalue weighted by molar-refractivity contribution is -0.137. The molecular weight excluding hydrogens is 481 g/mol. The molecule has 168 valence electrons. The summed E-state index contributed by atoms with van der Waals surface area (Å²) in [5, 5.41) is -0.319. The van der Waals surface area contributed by atoms with Gasteiger partial charge in [-0.3, -0.25) is 4.79 Å². The number of benzene rings is 1. The molecule has 1 aromatic heterocycles. The van der Waals surface area contributed by atoms with Gasteiger partial charge in [-0.25, -0.2) is 13.2 Å². The Kier molecular flexibility index (Phi) is 6.65. The highest BCUT2D eigenvalue weighted by Gasteiger charge is 2.36. The third kappa shape index (κ3) is 4.86. The Bertz CT molecular complexity index is 1110. The lowest BCUT2D eigenvalue weighted by Gasteiger charge is -2.34. The van der Waals surface area contributed by atoms with Crippen molar-refractivity contribution in [1.82, 2.24) is 9.21 Å². The van der Waals surface area contributed by atoms with E-state index < -0.39 is 32.6 Å². The maximum Gasteiger partial charge on any atom is 0.416 e. The molecule has 3 rings (SSSR count). The van der Waals surface area contributed by atoms with Crippen LogP contribution < -0.4 is 0 Å². The maximum atomic E-state index is 13.0. The first kappa shape index (κ1) is 23.5. The second kappa shape index (κ2) is 8.77. The van der Waals surface area contributed by atoms with Gasteiger partial charge >= 0.3 is 12.1 Å². The molecule has 2 heterocycles. The fourth-order valence-electron chi connectivity index (χ4n) is 2.97. The smallest absolute Gasteiger partial charge is 0.416 e. The van der Waals surface area contributed by atoms with Gasteiger partial charge in [0.1, 0.15) is 9.77 Å². The zero-order valence-corrected chi connectivity index (χ0v) is 18.4. The van der Waals surface area contributed by atoms with E-state index >= 15 is 0 Å². The van der Waals surface area contributed by atoms with E-state index in [1.807, 2.05) is 0 Å². The van der Waals surface area contributed by atoms with Crippen LogP contribution in [0.3, 0.4) is 0 Å². The molecule has 1 saturated heterocycles. The van der Waals surface area contributed by atoms with Gasteiger partial charge in [0.15, 0.2) is 0 Å². The minimum Gasteiger partial charge on any atom is -0.465 e. The second-order valence-corrected chi connectivity index (χ2v) is 9.89. The molecule has 0 saturated carbocycles. The number of esters is 1. The van der Waals surface area contributed by atoms with Crippen molar-refractivity contribution in [3.05, 3.63) is 50.7 Å². The van der Waals surface area contributed by atoms with Gasteiger partial charge in [-0.2, -0.15) is 17.5 Å². The van der Waals surface area contributed by atoms with Crippen LogP contribution in [0.5, 0.6) is 0 Å². The van der Waals surface area contributed by atoms with Crippen LogP contribution in [0.1, 0.15) is 24.9 Å². The third-order valence-corrected chi connectivity index (χ3v) is 8.04. The zero-order chi connectivity index (χ0) is 23.0. The Morgan fingerprint density at radius 1 is 1.06 bits per heavy atom. The molecule has 1 fully saturated rings. The second-order valence-electron chi connectivity index (χ2n) is 6.49. The average Bonchev–Trinajstić information content (AvgIpc) is 3.22. The third-order valence-electron chi connectivity index (χ3n) is 4.61. The van der Waals surface area contributed by atoms with E-state index in [1.165, 1.54) is 24.1 Å². The summed E-state index contributed by atoms with van der Waals surface area (Å²) in [6.45, 7) is -0.175. The van der Waals surface area contributed by atoms with E-state index in [1.54, 1.807) is 0 Å². The van der Waals surface area contributed by atoms with Gasteiger partial charge in [-0.05, 0) is 30.3 Å². The summed E-state index contributed by atoms with van der Waals surface area (Å²) in [6.07, 6.45) is -4.72. The van der Waals surface area contributed by atoms with Crippen LogP contribution in [-0.4, -0.2) is 62.8 Å². The van der Waals surface area contributed by atoms with Crippen molar-refractivity contribution in [2.75, 3.05) is 33.3 Å². The number of hydrogen-bond acceptors (Lipinski definition) is 6. The Morgan fingerprint density at radius 2 is 1.68 bits per heavy atom. The SMILES string of the molecule is COC(=O)c1ccc(C(=O)N2CCN(S(=O)(=O)c3cc(C(F)(F)F)ccc3Cl)CC2)s1. The van der Waals surface area contributed by atoms with Gasteiger partial charge in [-0.1, -0.05) is 11.6 Å². The number of sulfonamides is 1. The predicted octanol–water partition coefficient (Wildman–Crippen LogP) is 3.35. The Morgan fingerprint density at radius 3 is 2.26 bits per heavy atom. The molecule has 7 nitrogen and oxygen atoms in total. The van der Waals surface area contributed by atoms with Crippen molar-refractivity contribution >= 4 is 44.8 Å². The molecule has 1 aliphatic rings. The summed E-state index contributed by atoms with van der Waals surface area (Å²) in [5.74, 6) is -0.952. The van der Waals surface area contributed by atoms with E-state index in [0.29, 0.717) is 12.1 Å². The summed E-state index contributed by atoms with van der Waals surface area (Å²) in [4.78, 5) is 25.5. The predicted molar refractivity (Wildman–Crippen MR) is 107 cm³/mol. The van der Waals surface area contributed by atoms with Crippen LogP contribution in [-0.2, 0) is 20.9 Å². The minimum atomic E-state index is -4.72. The summed E-state index contributed by atoms with van der Waals surface area (Å²) >= 11 is 6.83. The van der Waals surface area contributed by atoms with Gasteiger partial charge < -0.3 is 9.64 Å². The lowest BCUT2D eigenvalue weighted by Crippen LogP contribution is -2.50. The molecule has 0 atom stereocenters. The topological polar surface area (TPSA) is 84.0 Å². The monoisotopic (exact) mass is 496 g/mol. The van der Waals surface area contributed by atoms with Gasteiger partial charge in [0.25, 0.3) is 5.91 Å². The number of piperazine rings is 1. The van der Waals surface area contributed by atoms with Crippen LogP contribution in [0, 0.1) is 0 Å². The Hall–Kier alpha value is -2.15. The van der Waals surface area contributed by atoms with Crippen molar-refractivity contribution in [3.8, 4) is 0 Å². The molecule has 13 heteroatoms. The van der Waals surface area contributed by atoms with Crippen molar-refractivity contribution in [2.45, 2.75) is 11.1 Å². The zero-order valence-electron chi connectivity index (χ0n) is 16.0. The lowest BCUT2D eigenvalue weighted by atomic mass is 10.2.